The van der Waals surface area contributed by atoms with Gasteiger partial charge in [-0.15, -0.1) is 0 Å². The summed E-state index contributed by atoms with van der Waals surface area (Å²) in [6, 6.07) is -0.227. The van der Waals surface area contributed by atoms with Gasteiger partial charge < -0.3 is 4.74 Å². The zero-order valence-electron chi connectivity index (χ0n) is 9.53. The molecule has 0 amide bonds. The summed E-state index contributed by atoms with van der Waals surface area (Å²) in [7, 11) is 0. The van der Waals surface area contributed by atoms with Crippen molar-refractivity contribution in [2.45, 2.75) is 58.1 Å². The van der Waals surface area contributed by atoms with Crippen molar-refractivity contribution in [2.75, 3.05) is 0 Å². The molecule has 1 saturated carbocycles. The number of ether oxygens (including phenoxy) is 1. The summed E-state index contributed by atoms with van der Waals surface area (Å²) >= 11 is 0. The third-order valence-corrected chi connectivity index (χ3v) is 3.07. The minimum atomic E-state index is -0.227. The molecular weight excluding hydrogens is 190 g/mol. The lowest BCUT2D eigenvalue weighted by molar-refractivity contribution is -0.149. The maximum absolute atomic E-state index is 11.7. The average Bonchev–Trinajstić information content (AvgIpc) is 2.18. The van der Waals surface area contributed by atoms with Crippen molar-refractivity contribution in [3.05, 3.63) is 0 Å². The predicted octanol–water partition coefficient (Wildman–Crippen LogP) is 2.34. The maximum Gasteiger partial charge on any atom is 0.331 e. The van der Waals surface area contributed by atoms with E-state index in [1.165, 1.54) is 6.42 Å². The Bertz CT molecular complexity index is 283. The molecule has 1 fully saturated rings. The highest BCUT2D eigenvalue weighted by Gasteiger charge is 2.33. The molecule has 0 aromatic heterocycles. The van der Waals surface area contributed by atoms with Crippen LogP contribution in [-0.4, -0.2) is 23.8 Å². The summed E-state index contributed by atoms with van der Waals surface area (Å²) in [5.74, 6) is 0.381. The lowest BCUT2D eigenvalue weighted by atomic mass is 9.93. The molecule has 1 aliphatic carbocycles. The molecule has 2 aliphatic rings. The number of aliphatic imine (C=N–C) groups is 1. The van der Waals surface area contributed by atoms with Crippen molar-refractivity contribution in [3.63, 3.8) is 0 Å². The molecule has 1 heterocycles. The maximum atomic E-state index is 11.7. The van der Waals surface area contributed by atoms with Gasteiger partial charge in [0.25, 0.3) is 0 Å². The molecule has 0 unspecified atom stereocenters. The molecule has 2 atom stereocenters. The first-order valence-electron chi connectivity index (χ1n) is 5.94. The Balaban J connectivity index is 2.09. The molecule has 0 spiro atoms. The summed E-state index contributed by atoms with van der Waals surface area (Å²) in [4.78, 5) is 16.2. The average molecular weight is 209 g/mol. The predicted molar refractivity (Wildman–Crippen MR) is 59.0 cm³/mol. The van der Waals surface area contributed by atoms with Gasteiger partial charge >= 0.3 is 5.97 Å². The lowest BCUT2D eigenvalue weighted by Gasteiger charge is -2.31. The van der Waals surface area contributed by atoms with E-state index < -0.39 is 0 Å². The van der Waals surface area contributed by atoms with Crippen LogP contribution in [0.1, 0.15) is 46.0 Å². The first kappa shape index (κ1) is 10.7. The van der Waals surface area contributed by atoms with Crippen LogP contribution in [0.2, 0.25) is 0 Å². The van der Waals surface area contributed by atoms with Gasteiger partial charge in [-0.3, -0.25) is 4.99 Å². The van der Waals surface area contributed by atoms with Crippen LogP contribution in [0.15, 0.2) is 4.99 Å². The van der Waals surface area contributed by atoms with Crippen molar-refractivity contribution in [3.8, 4) is 0 Å². The monoisotopic (exact) mass is 209 g/mol. The van der Waals surface area contributed by atoms with Gasteiger partial charge in [0, 0.05) is 0 Å². The molecule has 84 valence electrons. The number of hydrogen-bond acceptors (Lipinski definition) is 3. The van der Waals surface area contributed by atoms with E-state index in [0.29, 0.717) is 5.92 Å². The normalized spacial score (nSPS) is 30.9. The second-order valence-electron chi connectivity index (χ2n) is 4.94. The summed E-state index contributed by atoms with van der Waals surface area (Å²) in [5.41, 5.74) is 1.13. The van der Waals surface area contributed by atoms with Crippen LogP contribution in [0.3, 0.4) is 0 Å². The van der Waals surface area contributed by atoms with Gasteiger partial charge in [0.15, 0.2) is 0 Å². The van der Waals surface area contributed by atoms with Crippen molar-refractivity contribution in [2.24, 2.45) is 10.9 Å². The van der Waals surface area contributed by atoms with Crippen LogP contribution in [0, 0.1) is 5.92 Å². The van der Waals surface area contributed by atoms with Gasteiger partial charge in [0.05, 0.1) is 5.71 Å². The van der Waals surface area contributed by atoms with Crippen LogP contribution in [0.5, 0.6) is 0 Å². The van der Waals surface area contributed by atoms with Gasteiger partial charge in [0.1, 0.15) is 12.1 Å². The highest BCUT2D eigenvalue weighted by atomic mass is 16.5. The number of nitrogens with zero attached hydrogens (tertiary/aromatic N) is 1. The van der Waals surface area contributed by atoms with E-state index in [0.717, 1.165) is 31.4 Å². The summed E-state index contributed by atoms with van der Waals surface area (Å²) in [6.07, 6.45) is 5.17. The van der Waals surface area contributed by atoms with Crippen LogP contribution in [0.25, 0.3) is 0 Å². The van der Waals surface area contributed by atoms with E-state index in [4.69, 9.17) is 4.74 Å². The fraction of sp³-hybridized carbons (Fsp3) is 0.833. The minimum absolute atomic E-state index is 0.00895. The number of fused-ring (bicyclic) bond motifs is 1. The molecule has 3 nitrogen and oxygen atoms in total. The van der Waals surface area contributed by atoms with E-state index in [1.54, 1.807) is 0 Å². The van der Waals surface area contributed by atoms with Crippen molar-refractivity contribution in [1.29, 1.82) is 0 Å². The molecule has 1 aliphatic heterocycles. The van der Waals surface area contributed by atoms with Crippen molar-refractivity contribution >= 4 is 11.7 Å². The molecule has 0 radical (unpaired) electrons. The fourth-order valence-corrected chi connectivity index (χ4v) is 2.31. The molecule has 0 bridgehead atoms. The van der Waals surface area contributed by atoms with Crippen LogP contribution >= 0.6 is 0 Å². The number of rotatable bonds is 2. The Kier molecular flexibility index (Phi) is 3.08. The van der Waals surface area contributed by atoms with Crippen molar-refractivity contribution in [1.82, 2.24) is 0 Å². The Morgan fingerprint density at radius 1 is 1.47 bits per heavy atom. The standard InChI is InChI=1S/C12H19NO2/c1-8(2)7-10-12(14)15-11-6-4-3-5-9(11)13-10/h8,10-11H,3-7H2,1-2H3/t10-,11-/m0/s1. The Labute approximate surface area is 90.9 Å². The number of esters is 1. The van der Waals surface area contributed by atoms with Crippen LogP contribution in [0.4, 0.5) is 0 Å². The number of carbonyl (C=O) groups is 1. The van der Waals surface area contributed by atoms with Crippen LogP contribution in [-0.2, 0) is 9.53 Å². The summed E-state index contributed by atoms with van der Waals surface area (Å²) in [5, 5.41) is 0. The van der Waals surface area contributed by atoms with Crippen molar-refractivity contribution < 1.29 is 9.53 Å². The zero-order chi connectivity index (χ0) is 10.8. The van der Waals surface area contributed by atoms with E-state index in [2.05, 4.69) is 18.8 Å². The van der Waals surface area contributed by atoms with E-state index in [9.17, 15) is 4.79 Å². The summed E-state index contributed by atoms with van der Waals surface area (Å²) < 4.78 is 5.43. The highest BCUT2D eigenvalue weighted by molar-refractivity contribution is 5.96. The largest absolute Gasteiger partial charge is 0.455 e. The zero-order valence-corrected chi connectivity index (χ0v) is 9.53. The van der Waals surface area contributed by atoms with Gasteiger partial charge in [-0.05, 0) is 38.0 Å². The molecule has 15 heavy (non-hydrogen) atoms. The third-order valence-electron chi connectivity index (χ3n) is 3.07. The molecule has 0 aromatic rings. The van der Waals surface area contributed by atoms with E-state index in [-0.39, 0.29) is 18.1 Å². The molecule has 0 aromatic carbocycles. The first-order valence-corrected chi connectivity index (χ1v) is 5.94. The molecule has 3 heteroatoms. The molecule has 0 N–H and O–H groups in total. The number of hydrogen-bond donors (Lipinski definition) is 0. The Hall–Kier alpha value is -0.860. The topological polar surface area (TPSA) is 38.7 Å². The quantitative estimate of drug-likeness (QED) is 0.655. The molecule has 2 rings (SSSR count). The number of carbonyl (C=O) groups excluding carboxylic acids is 1. The highest BCUT2D eigenvalue weighted by Crippen LogP contribution is 2.25. The van der Waals surface area contributed by atoms with Gasteiger partial charge in [-0.1, -0.05) is 13.8 Å². The summed E-state index contributed by atoms with van der Waals surface area (Å²) in [6.45, 7) is 4.22. The molecular formula is C12H19NO2. The third kappa shape index (κ3) is 2.39. The second-order valence-corrected chi connectivity index (χ2v) is 4.94. The Morgan fingerprint density at radius 3 is 3.00 bits per heavy atom. The van der Waals surface area contributed by atoms with Gasteiger partial charge in [-0.25, -0.2) is 4.79 Å². The molecule has 0 saturated heterocycles. The lowest BCUT2D eigenvalue weighted by Crippen LogP contribution is -2.40. The second kappa shape index (κ2) is 4.33. The van der Waals surface area contributed by atoms with Gasteiger partial charge in [0.2, 0.25) is 0 Å². The van der Waals surface area contributed by atoms with E-state index in [1.807, 2.05) is 0 Å². The van der Waals surface area contributed by atoms with E-state index >= 15 is 0 Å². The Morgan fingerprint density at radius 2 is 2.27 bits per heavy atom. The fourth-order valence-electron chi connectivity index (χ4n) is 2.31. The SMILES string of the molecule is CC(C)C[C@@H]1N=C2CCCC[C@@H]2OC1=O. The minimum Gasteiger partial charge on any atom is -0.455 e. The van der Waals surface area contributed by atoms with Gasteiger partial charge in [-0.2, -0.15) is 0 Å². The first-order chi connectivity index (χ1) is 7.16. The smallest absolute Gasteiger partial charge is 0.331 e. The van der Waals surface area contributed by atoms with Crippen LogP contribution < -0.4 is 0 Å².